The Labute approximate surface area is 734 Å². The topological polar surface area (TPSA) is 367 Å². The van der Waals surface area contributed by atoms with Crippen LogP contribution < -0.4 is 42.4 Å². The number of hydrogen-bond donors (Lipinski definition) is 5. The zero-order chi connectivity index (χ0) is 87.1. The van der Waals surface area contributed by atoms with Crippen LogP contribution in [0.4, 0.5) is 17.3 Å². The Balaban J connectivity index is 0.000000123. The molecule has 11 aromatic rings. The summed E-state index contributed by atoms with van der Waals surface area (Å²) < 4.78 is 5.91. The van der Waals surface area contributed by atoms with Gasteiger partial charge in [-0.3, -0.25) is 49.2 Å². The van der Waals surface area contributed by atoms with Crippen molar-refractivity contribution in [1.29, 1.82) is 15.9 Å². The fraction of sp³-hybridized carbons (Fsp3) is 0.269. The standard InChI is InChI=1S/C28H29N5O2S.C25H23N5OS.C22H19N7OS.C18H19N5OS/c1-5-7-19-10-20(14-30-13-19)21-11-25(36-16-21)28-17-33(15-24(28)26(34)32(4)27(29)31-28)22-8-6-9-23(12-22)35-18(2)3;1-16-6-8-20(9-7-16)30-13-21-23(31)29(2)24(27)28-25(21,15-30)22-11-19(14-32-22)18-5-3-4-17(10-18)12-26;1-28-19(30)17-11-29(21-25-6-3-7-26-21)13-22(17,27-20(28)24)18-9-16(12-31-18)15-5-2-4-14(8-15)10-23;1-22-16(24)13-10-23(15(19)12-6-3-2-4-7-12)11-18(13,21-17(22)20)14-8-5-9-25-14/h6,8-14,16,18,24H,15,17H2,1-4H3,(H2,29,31);3-11,14,21H,13,15H2,1-2H3,(H2,27,28);2-9,12,17H,11,13H2,1H3,(H2,24,27);2-9,13,19H,10-11H2,1H3,(H2,20,21)/t24?,28-;21?,25-;17?,22-;13-,18-/m0000/s1. The van der Waals surface area contributed by atoms with Crippen molar-refractivity contribution in [3.05, 3.63) is 263 Å². The number of aryl methyl sites for hydroxylation is 1. The summed E-state index contributed by atoms with van der Waals surface area (Å²) in [6, 6.07) is 59.4. The lowest BCUT2D eigenvalue weighted by molar-refractivity contribution is -0.133. The molecule has 5 aromatic carbocycles. The number of ether oxygens (including phenoxy) is 1. The Morgan fingerprint density at radius 3 is 1.42 bits per heavy atom. The van der Waals surface area contributed by atoms with Gasteiger partial charge in [0.1, 0.15) is 33.7 Å². The number of benzene rings is 5. The fourth-order valence-corrected chi connectivity index (χ4v) is 21.6. The number of aromatic nitrogens is 3. The highest BCUT2D eigenvalue weighted by Gasteiger charge is 2.61. The largest absolute Gasteiger partial charge is 0.491 e. The van der Waals surface area contributed by atoms with E-state index >= 15 is 0 Å². The molecule has 3 unspecified atom stereocenters. The summed E-state index contributed by atoms with van der Waals surface area (Å²) in [4.78, 5) is 104. The number of carbonyl (C=O) groups is 4. The first-order chi connectivity index (χ1) is 59.8. The van der Waals surface area contributed by atoms with Gasteiger partial charge in [-0.25, -0.2) is 29.9 Å². The minimum atomic E-state index is -0.803. The van der Waals surface area contributed by atoms with Gasteiger partial charge in [0.25, 0.3) is 0 Å². The highest BCUT2D eigenvalue weighted by atomic mass is 32.1. The highest BCUT2D eigenvalue weighted by Crippen LogP contribution is 2.53. The van der Waals surface area contributed by atoms with Gasteiger partial charge in [0.15, 0.2) is 23.8 Å². The van der Waals surface area contributed by atoms with E-state index in [1.54, 1.807) is 110 Å². The quantitative estimate of drug-likeness (QED) is 0.0407. The number of nitrogens with one attached hydrogen (secondary N) is 1. The van der Waals surface area contributed by atoms with Crippen molar-refractivity contribution >= 4 is 116 Å². The van der Waals surface area contributed by atoms with Crippen molar-refractivity contribution in [2.24, 2.45) is 66.6 Å². The predicted molar refractivity (Wildman–Crippen MR) is 489 cm³/mol. The van der Waals surface area contributed by atoms with Gasteiger partial charge in [-0.05, 0) is 162 Å². The smallest absolute Gasteiger partial charge is 0.236 e. The van der Waals surface area contributed by atoms with Crippen LogP contribution in [0.5, 0.6) is 5.75 Å². The maximum atomic E-state index is 13.5. The first-order valence-corrected chi connectivity index (χ1v) is 43.7. The van der Waals surface area contributed by atoms with Crippen molar-refractivity contribution in [3.8, 4) is 63.1 Å². The zero-order valence-electron chi connectivity index (χ0n) is 69.4. The van der Waals surface area contributed by atoms with Crippen LogP contribution in [0.15, 0.2) is 236 Å². The molecule has 9 N–H and O–H groups in total. The molecule has 8 aliphatic rings. The molecule has 124 heavy (non-hydrogen) atoms. The van der Waals surface area contributed by atoms with E-state index in [0.29, 0.717) is 75.3 Å². The van der Waals surface area contributed by atoms with E-state index < -0.39 is 28.1 Å². The number of nitrogens with zero attached hydrogens (tertiary/aromatic N) is 17. The second kappa shape index (κ2) is 34.2. The Morgan fingerprint density at radius 2 is 0.935 bits per heavy atom. The van der Waals surface area contributed by atoms with E-state index in [9.17, 15) is 29.7 Å². The lowest BCUT2D eigenvalue weighted by Crippen LogP contribution is -2.54. The second-order valence-corrected chi connectivity index (χ2v) is 35.6. The summed E-state index contributed by atoms with van der Waals surface area (Å²) in [7, 11) is 6.69. The monoisotopic (exact) mass is 1720 g/mol. The molecule has 8 atom stereocenters. The molecule has 0 bridgehead atoms. The molecule has 6 aromatic heterocycles. The van der Waals surface area contributed by atoms with Crippen LogP contribution in [-0.2, 0) is 41.3 Å². The third-order valence-corrected chi connectivity index (χ3v) is 28.3. The molecular formula is C93H90N22O5S4. The van der Waals surface area contributed by atoms with Crippen molar-refractivity contribution in [2.45, 2.75) is 56.0 Å². The van der Waals surface area contributed by atoms with E-state index in [-0.39, 0.29) is 71.3 Å². The number of guanidine groups is 4. The van der Waals surface area contributed by atoms with Crippen LogP contribution in [0, 0.1) is 70.5 Å². The molecule has 4 saturated heterocycles. The van der Waals surface area contributed by atoms with Crippen molar-refractivity contribution in [2.75, 3.05) is 95.2 Å². The van der Waals surface area contributed by atoms with Crippen molar-refractivity contribution in [1.82, 2.24) is 39.5 Å². The molecule has 19 rings (SSSR count). The average Bonchev–Trinajstić information content (AvgIpc) is 1.58. The molecule has 0 saturated carbocycles. The van der Waals surface area contributed by atoms with Crippen LogP contribution in [-0.4, -0.2) is 179 Å². The summed E-state index contributed by atoms with van der Waals surface area (Å²) in [5.74, 6) is 7.17. The third kappa shape index (κ3) is 15.7. The lowest BCUT2D eigenvalue weighted by Gasteiger charge is -2.36. The minimum absolute atomic E-state index is 0.00598. The van der Waals surface area contributed by atoms with Gasteiger partial charge in [-0.1, -0.05) is 90.3 Å². The molecule has 4 amide bonds. The second-order valence-electron chi connectivity index (χ2n) is 32.0. The summed E-state index contributed by atoms with van der Waals surface area (Å²) in [6.07, 6.45) is 7.05. The molecule has 0 aliphatic carbocycles. The maximum Gasteiger partial charge on any atom is 0.236 e. The van der Waals surface area contributed by atoms with Crippen LogP contribution in [0.25, 0.3) is 33.4 Å². The number of thiophene rings is 4. The van der Waals surface area contributed by atoms with E-state index in [0.717, 1.165) is 81.1 Å². The average molecular weight is 1720 g/mol. The highest BCUT2D eigenvalue weighted by molar-refractivity contribution is 7.11. The van der Waals surface area contributed by atoms with Crippen LogP contribution in [0.1, 0.15) is 68.1 Å². The molecule has 0 spiro atoms. The molecule has 626 valence electrons. The molecule has 14 heterocycles. The van der Waals surface area contributed by atoms with E-state index in [2.05, 4.69) is 109 Å². The number of likely N-dealkylation sites (tertiary alicyclic amines) is 1. The van der Waals surface area contributed by atoms with E-state index in [4.69, 9.17) is 53.1 Å². The predicted octanol–water partition coefficient (Wildman–Crippen LogP) is 11.7. The third-order valence-electron chi connectivity index (χ3n) is 24.0. The Bertz CT molecular complexity index is 6240. The van der Waals surface area contributed by atoms with Crippen molar-refractivity contribution < 1.29 is 23.9 Å². The first kappa shape index (κ1) is 83.7. The number of nitriles is 2. The number of carbonyl (C=O) groups excluding carboxylic acids is 4. The van der Waals surface area contributed by atoms with Crippen LogP contribution in [0.3, 0.4) is 0 Å². The molecule has 4 fully saturated rings. The molecule has 27 nitrogen and oxygen atoms in total. The normalized spacial score (nSPS) is 22.8. The number of anilines is 3. The first-order valence-electron chi connectivity index (χ1n) is 40.2. The molecular weight excluding hydrogens is 1630 g/mol. The number of rotatable bonds is 13. The Hall–Kier alpha value is -13.9. The van der Waals surface area contributed by atoms with Crippen molar-refractivity contribution in [3.63, 3.8) is 0 Å². The van der Waals surface area contributed by atoms with Gasteiger partial charge < -0.3 is 47.3 Å². The SMILES string of the molecule is CC#Cc1cncc(-c2csc([C@]34CN(c5cccc(OC(C)C)c5)CC3C(=O)N(C)C(N)=N4)c2)c1.CN1C(=O)C2CN(c3ncccn3)C[C@]2(c2cc(-c3cccc(C#N)c3)cs2)N=C1N.CN1C(=O)[C@@H]2CN(C(=N)c3ccccc3)C[C@]2(c2cccs2)N=C1N.Cc1ccc(N2CC3C(=O)N(C)C(N)=N[C@@]3(c3cc(-c4cccc(C#N)c4)cs3)C2)cc1. The lowest BCUT2D eigenvalue weighted by atomic mass is 9.83. The molecule has 0 radical (unpaired) electrons. The van der Waals surface area contributed by atoms with Gasteiger partial charge in [-0.2, -0.15) is 10.5 Å². The van der Waals surface area contributed by atoms with Gasteiger partial charge in [-0.15, -0.1) is 51.3 Å². The minimum Gasteiger partial charge on any atom is -0.491 e. The van der Waals surface area contributed by atoms with Crippen LogP contribution >= 0.6 is 45.3 Å². The van der Waals surface area contributed by atoms with Gasteiger partial charge in [0, 0.05) is 146 Å². The molecule has 8 aliphatic heterocycles. The summed E-state index contributed by atoms with van der Waals surface area (Å²) in [5.41, 5.74) is 33.8. The number of hydrogen-bond acceptors (Lipinski definition) is 26. The summed E-state index contributed by atoms with van der Waals surface area (Å²) in [5, 5.41) is 35.2. The fourth-order valence-electron chi connectivity index (χ4n) is 17.4. The van der Waals surface area contributed by atoms with Gasteiger partial charge in [0.2, 0.25) is 29.6 Å². The number of nitrogens with two attached hydrogens (primary N) is 4. The number of aliphatic imine (C=N–C) groups is 4. The Morgan fingerprint density at radius 1 is 0.476 bits per heavy atom. The molecule has 31 heteroatoms. The van der Waals surface area contributed by atoms with Gasteiger partial charge in [0.05, 0.1) is 66.1 Å². The maximum absolute atomic E-state index is 13.5. The van der Waals surface area contributed by atoms with E-state index in [1.807, 2.05) is 157 Å². The van der Waals surface area contributed by atoms with Gasteiger partial charge >= 0.3 is 0 Å². The van der Waals surface area contributed by atoms with Crippen LogP contribution in [0.2, 0.25) is 0 Å². The number of amidine groups is 1. The summed E-state index contributed by atoms with van der Waals surface area (Å²) >= 11 is 6.33. The number of amides is 4. The number of fused-ring (bicyclic) bond motifs is 4. The number of pyridine rings is 1. The Kier molecular flexibility index (Phi) is 23.1. The van der Waals surface area contributed by atoms with E-state index in [1.165, 1.54) is 25.2 Å². The zero-order valence-corrected chi connectivity index (χ0v) is 72.7. The summed E-state index contributed by atoms with van der Waals surface area (Å²) in [6.45, 7) is 12.0.